The Balaban J connectivity index is 1.54. The van der Waals surface area contributed by atoms with E-state index in [1.807, 2.05) is 84.2 Å². The van der Waals surface area contributed by atoms with Crippen LogP contribution in [0.15, 0.2) is 91.1 Å². The summed E-state index contributed by atoms with van der Waals surface area (Å²) in [6.07, 6.45) is 2.73. The van der Waals surface area contributed by atoms with Crippen molar-refractivity contribution in [3.8, 4) is 11.5 Å². The van der Waals surface area contributed by atoms with Gasteiger partial charge in [0, 0.05) is 17.4 Å². The van der Waals surface area contributed by atoms with Crippen molar-refractivity contribution in [2.45, 2.75) is 39.8 Å². The first-order valence-corrected chi connectivity index (χ1v) is 13.2. The molecule has 0 saturated carbocycles. The van der Waals surface area contributed by atoms with Crippen molar-refractivity contribution < 1.29 is 9.18 Å². The fraction of sp³-hybridized carbons (Fsp3) is 0.188. The van der Waals surface area contributed by atoms with E-state index < -0.39 is 6.04 Å². The largest absolute Gasteiger partial charge is 0.322 e. The van der Waals surface area contributed by atoms with E-state index in [0.717, 1.165) is 50.8 Å². The van der Waals surface area contributed by atoms with E-state index in [1.165, 1.54) is 12.1 Å². The molecule has 2 aromatic heterocycles. The molecule has 1 atom stereocenters. The topological polar surface area (TPSA) is 55.1 Å². The number of anilines is 1. The molecule has 6 rings (SSSR count). The van der Waals surface area contributed by atoms with Crippen LogP contribution in [0.2, 0.25) is 0 Å². The number of nitrogens with one attached hydrogen (secondary N) is 1. The number of fused-ring (bicyclic) bond motifs is 3. The molecule has 0 unspecified atom stereocenters. The van der Waals surface area contributed by atoms with Gasteiger partial charge in [-0.25, -0.2) is 13.9 Å². The minimum atomic E-state index is -0.451. The number of nitrogens with zero attached hydrogens (tertiary/aromatic N) is 4. The second-order valence-electron chi connectivity index (χ2n) is 10.0. The number of para-hydroxylation sites is 1. The third kappa shape index (κ3) is 4.50. The van der Waals surface area contributed by atoms with Gasteiger partial charge in [-0.15, -0.1) is 0 Å². The number of carbonyl (C=O) groups excluding carboxylic acids is 1. The average molecular weight is 520 g/mol. The zero-order valence-electron chi connectivity index (χ0n) is 22.2. The van der Waals surface area contributed by atoms with Crippen LogP contribution in [0.25, 0.3) is 11.5 Å². The van der Waals surface area contributed by atoms with Gasteiger partial charge >= 0.3 is 6.03 Å². The van der Waals surface area contributed by atoms with Crippen molar-refractivity contribution in [2.24, 2.45) is 0 Å². The predicted molar refractivity (Wildman–Crippen MR) is 151 cm³/mol. The van der Waals surface area contributed by atoms with Crippen LogP contribution in [0, 0.1) is 19.7 Å². The molecule has 3 heterocycles. The van der Waals surface area contributed by atoms with Crippen molar-refractivity contribution in [3.05, 3.63) is 131 Å². The molecule has 1 N–H and O–H groups in total. The third-order valence-corrected chi connectivity index (χ3v) is 7.22. The zero-order valence-corrected chi connectivity index (χ0v) is 22.2. The van der Waals surface area contributed by atoms with E-state index in [2.05, 4.69) is 22.9 Å². The number of halogens is 1. The average Bonchev–Trinajstić information content (AvgIpc) is 3.50. The van der Waals surface area contributed by atoms with Gasteiger partial charge in [0.2, 0.25) is 0 Å². The molecule has 3 aromatic carbocycles. The molecule has 5 aromatic rings. The standard InChI is InChI=1S/C32H30FN5O/c1-4-28-27-20-37(32(39)34-25-18-21(2)17-22(3)19-25)30(23-12-14-24(33)15-13-23)29-11-8-16-36(29)31(27)38(35-28)26-9-6-5-7-10-26/h5-19,30H,4,20H2,1-3H3,(H,34,39)/t30-/m0/s1. The Morgan fingerprint density at radius 2 is 1.69 bits per heavy atom. The maximum atomic E-state index is 14.1. The number of carbonyl (C=O) groups is 1. The van der Waals surface area contributed by atoms with Crippen LogP contribution in [0.4, 0.5) is 14.9 Å². The van der Waals surface area contributed by atoms with E-state index in [0.29, 0.717) is 13.0 Å². The molecule has 1 aliphatic rings. The fourth-order valence-corrected chi connectivity index (χ4v) is 5.59. The van der Waals surface area contributed by atoms with Crippen molar-refractivity contribution in [1.29, 1.82) is 0 Å². The molecule has 0 spiro atoms. The molecule has 2 amide bonds. The summed E-state index contributed by atoms with van der Waals surface area (Å²) >= 11 is 0. The Morgan fingerprint density at radius 3 is 2.38 bits per heavy atom. The van der Waals surface area contributed by atoms with Crippen molar-refractivity contribution in [3.63, 3.8) is 0 Å². The second-order valence-corrected chi connectivity index (χ2v) is 10.0. The summed E-state index contributed by atoms with van der Waals surface area (Å²) in [6, 6.07) is 25.8. The summed E-state index contributed by atoms with van der Waals surface area (Å²) in [5.41, 5.74) is 7.47. The fourth-order valence-electron chi connectivity index (χ4n) is 5.59. The number of hydrogen-bond acceptors (Lipinski definition) is 2. The minimum absolute atomic E-state index is 0.232. The highest BCUT2D eigenvalue weighted by atomic mass is 19.1. The maximum absolute atomic E-state index is 14.1. The molecule has 0 aliphatic carbocycles. The number of benzene rings is 3. The van der Waals surface area contributed by atoms with Crippen LogP contribution in [0.1, 0.15) is 46.6 Å². The van der Waals surface area contributed by atoms with Gasteiger partial charge < -0.3 is 14.8 Å². The highest BCUT2D eigenvalue weighted by Crippen LogP contribution is 2.39. The molecule has 7 heteroatoms. The van der Waals surface area contributed by atoms with Crippen LogP contribution < -0.4 is 5.32 Å². The van der Waals surface area contributed by atoms with E-state index in [4.69, 9.17) is 5.10 Å². The molecular formula is C32H30FN5O. The van der Waals surface area contributed by atoms with Crippen LogP contribution in [0.3, 0.4) is 0 Å². The maximum Gasteiger partial charge on any atom is 0.322 e. The van der Waals surface area contributed by atoms with Crippen LogP contribution in [-0.2, 0) is 13.0 Å². The lowest BCUT2D eigenvalue weighted by Crippen LogP contribution is -2.38. The third-order valence-electron chi connectivity index (χ3n) is 7.22. The van der Waals surface area contributed by atoms with Crippen molar-refractivity contribution in [1.82, 2.24) is 19.2 Å². The lowest BCUT2D eigenvalue weighted by atomic mass is 10.0. The molecule has 0 radical (unpaired) electrons. The molecule has 0 bridgehead atoms. The second kappa shape index (κ2) is 9.91. The Kier molecular flexibility index (Phi) is 6.27. The summed E-state index contributed by atoms with van der Waals surface area (Å²) in [7, 11) is 0. The number of amides is 2. The van der Waals surface area contributed by atoms with Gasteiger partial charge in [-0.1, -0.05) is 43.3 Å². The number of urea groups is 1. The SMILES string of the molecule is CCc1nn(-c2ccccc2)c2c1CN(C(=O)Nc1cc(C)cc(C)c1)[C@@H](c1ccc(F)cc1)c1cccn1-2. The van der Waals surface area contributed by atoms with Gasteiger partial charge in [-0.2, -0.15) is 5.10 Å². The molecular weight excluding hydrogens is 489 g/mol. The lowest BCUT2D eigenvalue weighted by molar-refractivity contribution is 0.194. The summed E-state index contributed by atoms with van der Waals surface area (Å²) in [6.45, 7) is 6.45. The van der Waals surface area contributed by atoms with Crippen LogP contribution >= 0.6 is 0 Å². The number of hydrogen-bond donors (Lipinski definition) is 1. The first-order valence-electron chi connectivity index (χ1n) is 13.2. The Bertz CT molecular complexity index is 1630. The van der Waals surface area contributed by atoms with Gasteiger partial charge in [0.05, 0.1) is 29.7 Å². The number of aryl methyl sites for hydroxylation is 3. The Morgan fingerprint density at radius 1 is 0.974 bits per heavy atom. The normalized spacial score (nSPS) is 14.5. The number of aromatic nitrogens is 3. The monoisotopic (exact) mass is 519 g/mol. The minimum Gasteiger partial charge on any atom is -0.308 e. The predicted octanol–water partition coefficient (Wildman–Crippen LogP) is 7.12. The highest BCUT2D eigenvalue weighted by Gasteiger charge is 2.36. The molecule has 39 heavy (non-hydrogen) atoms. The summed E-state index contributed by atoms with van der Waals surface area (Å²) in [5.74, 6) is 0.595. The summed E-state index contributed by atoms with van der Waals surface area (Å²) < 4.78 is 18.1. The molecule has 1 aliphatic heterocycles. The van der Waals surface area contributed by atoms with Crippen molar-refractivity contribution >= 4 is 11.7 Å². The molecule has 0 fully saturated rings. The summed E-state index contributed by atoms with van der Waals surface area (Å²) in [4.78, 5) is 15.9. The first kappa shape index (κ1) is 24.7. The van der Waals surface area contributed by atoms with Gasteiger partial charge in [-0.3, -0.25) is 0 Å². The van der Waals surface area contributed by atoms with Crippen LogP contribution in [-0.4, -0.2) is 25.3 Å². The van der Waals surface area contributed by atoms with Gasteiger partial charge in [0.15, 0.2) is 0 Å². The zero-order chi connectivity index (χ0) is 27.1. The smallest absolute Gasteiger partial charge is 0.308 e. The highest BCUT2D eigenvalue weighted by molar-refractivity contribution is 5.90. The van der Waals surface area contributed by atoms with Crippen molar-refractivity contribution in [2.75, 3.05) is 5.32 Å². The lowest BCUT2D eigenvalue weighted by Gasteiger charge is -2.31. The van der Waals surface area contributed by atoms with E-state index in [1.54, 1.807) is 12.1 Å². The molecule has 196 valence electrons. The Labute approximate surface area is 227 Å². The quantitative estimate of drug-likeness (QED) is 0.275. The molecule has 6 nitrogen and oxygen atoms in total. The van der Waals surface area contributed by atoms with E-state index in [-0.39, 0.29) is 11.8 Å². The summed E-state index contributed by atoms with van der Waals surface area (Å²) in [5, 5.41) is 8.14. The van der Waals surface area contributed by atoms with E-state index in [9.17, 15) is 9.18 Å². The molecule has 0 saturated heterocycles. The van der Waals surface area contributed by atoms with Gasteiger partial charge in [-0.05, 0) is 85.5 Å². The Hall–Kier alpha value is -4.65. The van der Waals surface area contributed by atoms with Gasteiger partial charge in [0.1, 0.15) is 11.6 Å². The number of rotatable bonds is 4. The van der Waals surface area contributed by atoms with E-state index >= 15 is 0 Å². The first-order chi connectivity index (χ1) is 18.9. The van der Waals surface area contributed by atoms with Crippen LogP contribution in [0.5, 0.6) is 0 Å². The van der Waals surface area contributed by atoms with Gasteiger partial charge in [0.25, 0.3) is 0 Å².